The summed E-state index contributed by atoms with van der Waals surface area (Å²) >= 11 is 20.9. The molecule has 3 aromatic rings. The van der Waals surface area contributed by atoms with E-state index in [-0.39, 0.29) is 5.91 Å². The Bertz CT molecular complexity index is 1080. The van der Waals surface area contributed by atoms with Crippen molar-refractivity contribution in [3.8, 4) is 16.9 Å². The molecule has 0 spiro atoms. The van der Waals surface area contributed by atoms with E-state index in [1.54, 1.807) is 16.8 Å². The maximum absolute atomic E-state index is 12.8. The summed E-state index contributed by atoms with van der Waals surface area (Å²) in [4.78, 5) is 12.8. The van der Waals surface area contributed by atoms with Gasteiger partial charge in [0, 0.05) is 27.7 Å². The molecule has 4 nitrogen and oxygen atoms in total. The lowest BCUT2D eigenvalue weighted by molar-refractivity contribution is -0.120. The summed E-state index contributed by atoms with van der Waals surface area (Å²) in [5, 5.41) is 9.56. The van der Waals surface area contributed by atoms with Crippen LogP contribution >= 0.6 is 57.4 Å². The van der Waals surface area contributed by atoms with E-state index in [1.807, 2.05) is 37.3 Å². The number of hydrogen-bond acceptors (Lipinski definition) is 2. The third-order valence-electron chi connectivity index (χ3n) is 5.21. The zero-order valence-electron chi connectivity index (χ0n) is 18.0. The normalized spacial score (nSPS) is 12.1. The lowest BCUT2D eigenvalue weighted by Crippen LogP contribution is -2.28. The fourth-order valence-corrected chi connectivity index (χ4v) is 4.93. The third kappa shape index (κ3) is 5.99. The number of nitrogens with one attached hydrogen (secondary N) is 1. The number of halogens is 4. The molecule has 1 amide bonds. The van der Waals surface area contributed by atoms with E-state index in [9.17, 15) is 4.79 Å². The summed E-state index contributed by atoms with van der Waals surface area (Å²) in [5.74, 6) is -0.0419. The molecule has 1 aromatic heterocycles. The molecule has 0 aliphatic carbocycles. The predicted molar refractivity (Wildman–Crippen MR) is 143 cm³/mol. The minimum absolute atomic E-state index is 0.0419. The molecule has 0 radical (unpaired) electrons. The van der Waals surface area contributed by atoms with Gasteiger partial charge in [0.05, 0.1) is 22.1 Å². The van der Waals surface area contributed by atoms with Gasteiger partial charge in [-0.25, -0.2) is 4.68 Å². The molecule has 0 aliphatic rings. The molecule has 3 rings (SSSR count). The van der Waals surface area contributed by atoms with Crippen LogP contribution in [0.1, 0.15) is 47.8 Å². The fraction of sp³-hybridized carbons (Fsp3) is 0.333. The first kappa shape index (κ1) is 25.3. The Kier molecular flexibility index (Phi) is 9.29. The zero-order chi connectivity index (χ0) is 23.3. The van der Waals surface area contributed by atoms with Crippen LogP contribution in [0.15, 0.2) is 42.5 Å². The maximum atomic E-state index is 12.8. The van der Waals surface area contributed by atoms with Crippen LogP contribution in [0, 0.1) is 6.92 Å². The number of rotatable bonds is 9. The second kappa shape index (κ2) is 11.7. The predicted octanol–water partition coefficient (Wildman–Crippen LogP) is 7.98. The second-order valence-electron chi connectivity index (χ2n) is 7.59. The van der Waals surface area contributed by atoms with Gasteiger partial charge >= 0.3 is 0 Å². The minimum Gasteiger partial charge on any atom is -0.355 e. The molecule has 0 saturated carbocycles. The summed E-state index contributed by atoms with van der Waals surface area (Å²) in [6.07, 6.45) is 4.44. The van der Waals surface area contributed by atoms with Gasteiger partial charge in [-0.15, -0.1) is 0 Å². The van der Waals surface area contributed by atoms with Crippen LogP contribution in [0.4, 0.5) is 0 Å². The van der Waals surface area contributed by atoms with Gasteiger partial charge in [-0.3, -0.25) is 4.79 Å². The number of alkyl halides is 1. The van der Waals surface area contributed by atoms with Gasteiger partial charge in [-0.05, 0) is 43.7 Å². The molecular weight excluding hydrogens is 580 g/mol. The molecule has 0 bridgehead atoms. The number of nitrogens with zero attached hydrogens (tertiary/aromatic N) is 2. The van der Waals surface area contributed by atoms with Crippen molar-refractivity contribution in [3.63, 3.8) is 0 Å². The monoisotopic (exact) mass is 603 g/mol. The van der Waals surface area contributed by atoms with Crippen molar-refractivity contribution in [1.29, 1.82) is 0 Å². The van der Waals surface area contributed by atoms with Crippen LogP contribution in [0.3, 0.4) is 0 Å². The number of hydrogen-bond donors (Lipinski definition) is 1. The van der Waals surface area contributed by atoms with E-state index in [4.69, 9.17) is 39.9 Å². The van der Waals surface area contributed by atoms with Crippen LogP contribution in [0.2, 0.25) is 15.1 Å². The summed E-state index contributed by atoms with van der Waals surface area (Å²) in [7, 11) is 0. The van der Waals surface area contributed by atoms with Crippen molar-refractivity contribution in [2.45, 2.75) is 43.5 Å². The molecular formula is C24H25Cl3IN3O. The zero-order valence-corrected chi connectivity index (χ0v) is 22.4. The lowest BCUT2D eigenvalue weighted by Gasteiger charge is -2.11. The Morgan fingerprint density at radius 2 is 1.75 bits per heavy atom. The van der Waals surface area contributed by atoms with E-state index >= 15 is 0 Å². The summed E-state index contributed by atoms with van der Waals surface area (Å²) in [6, 6.07) is 12.8. The Morgan fingerprint density at radius 3 is 2.41 bits per heavy atom. The molecule has 0 aliphatic heterocycles. The van der Waals surface area contributed by atoms with Gasteiger partial charge in [-0.2, -0.15) is 5.10 Å². The quantitative estimate of drug-likeness (QED) is 0.153. The maximum Gasteiger partial charge on any atom is 0.239 e. The van der Waals surface area contributed by atoms with Crippen LogP contribution in [-0.2, 0) is 4.79 Å². The molecule has 8 heteroatoms. The van der Waals surface area contributed by atoms with E-state index in [0.717, 1.165) is 29.7 Å². The van der Waals surface area contributed by atoms with Gasteiger partial charge in [0.25, 0.3) is 0 Å². The highest BCUT2D eigenvalue weighted by molar-refractivity contribution is 14.1. The van der Waals surface area contributed by atoms with Crippen LogP contribution in [0.5, 0.6) is 0 Å². The van der Waals surface area contributed by atoms with Gasteiger partial charge in [0.15, 0.2) is 0 Å². The fourth-order valence-electron chi connectivity index (χ4n) is 3.50. The van der Waals surface area contributed by atoms with Gasteiger partial charge in [0.2, 0.25) is 5.91 Å². The Labute approximate surface area is 217 Å². The molecule has 1 N–H and O–H groups in total. The van der Waals surface area contributed by atoms with Crippen LogP contribution in [0.25, 0.3) is 16.9 Å². The topological polar surface area (TPSA) is 46.9 Å². The van der Waals surface area contributed by atoms with Crippen LogP contribution in [-0.4, -0.2) is 22.2 Å². The number of unbranched alkanes of at least 4 members (excludes halogenated alkanes) is 3. The highest BCUT2D eigenvalue weighted by atomic mass is 127. The van der Waals surface area contributed by atoms with Crippen LogP contribution < -0.4 is 5.32 Å². The first-order chi connectivity index (χ1) is 15.3. The largest absolute Gasteiger partial charge is 0.355 e. The summed E-state index contributed by atoms with van der Waals surface area (Å²) < 4.78 is 1.35. The van der Waals surface area contributed by atoms with Crippen molar-refractivity contribution < 1.29 is 4.79 Å². The summed E-state index contributed by atoms with van der Waals surface area (Å²) in [5.41, 5.74) is 4.10. The Hall–Kier alpha value is -1.28. The smallest absolute Gasteiger partial charge is 0.239 e. The number of carbonyl (C=O) groups is 1. The number of carbonyl (C=O) groups excluding carboxylic acids is 1. The van der Waals surface area contributed by atoms with E-state index in [0.29, 0.717) is 33.0 Å². The second-order valence-corrected chi connectivity index (χ2v) is 10.1. The van der Waals surface area contributed by atoms with E-state index < -0.39 is 3.92 Å². The molecule has 0 fully saturated rings. The average Bonchev–Trinajstić information content (AvgIpc) is 3.10. The summed E-state index contributed by atoms with van der Waals surface area (Å²) in [6.45, 7) is 4.82. The van der Waals surface area contributed by atoms with Crippen molar-refractivity contribution in [2.24, 2.45) is 0 Å². The standard InChI is InChI=1S/C24H25Cl3IN3O/c1-3-4-5-6-13-29-24(32)21(28)22-15(2)23(16-7-9-17(25)10-8-16)31(30-22)20-12-11-18(26)14-19(20)27/h7-12,14,21H,3-6,13H2,1-2H3,(H,29,32). The van der Waals surface area contributed by atoms with Crippen molar-refractivity contribution in [3.05, 3.63) is 68.8 Å². The van der Waals surface area contributed by atoms with Gasteiger partial charge in [-0.1, -0.05) is 95.7 Å². The van der Waals surface area contributed by atoms with E-state index in [1.165, 1.54) is 12.8 Å². The van der Waals surface area contributed by atoms with Crippen molar-refractivity contribution in [2.75, 3.05) is 6.54 Å². The number of benzene rings is 2. The molecule has 1 atom stereocenters. The molecule has 0 saturated heterocycles. The van der Waals surface area contributed by atoms with E-state index in [2.05, 4.69) is 34.8 Å². The first-order valence-electron chi connectivity index (χ1n) is 10.6. The molecule has 2 aromatic carbocycles. The Balaban J connectivity index is 1.99. The van der Waals surface area contributed by atoms with Crippen molar-refractivity contribution >= 4 is 63.3 Å². The number of amides is 1. The number of aromatic nitrogens is 2. The van der Waals surface area contributed by atoms with Gasteiger partial charge < -0.3 is 5.32 Å². The molecule has 32 heavy (non-hydrogen) atoms. The van der Waals surface area contributed by atoms with Gasteiger partial charge in [0.1, 0.15) is 3.92 Å². The highest BCUT2D eigenvalue weighted by Gasteiger charge is 2.27. The Morgan fingerprint density at radius 1 is 1.06 bits per heavy atom. The average molecular weight is 605 g/mol. The highest BCUT2D eigenvalue weighted by Crippen LogP contribution is 2.37. The third-order valence-corrected chi connectivity index (χ3v) is 7.16. The molecule has 1 unspecified atom stereocenters. The SMILES string of the molecule is CCCCCCNC(=O)C(I)c1nn(-c2ccc(Cl)cc2Cl)c(-c2ccc(Cl)cc2)c1C. The molecule has 1 heterocycles. The van der Waals surface area contributed by atoms with Crippen molar-refractivity contribution in [1.82, 2.24) is 15.1 Å². The lowest BCUT2D eigenvalue weighted by atomic mass is 10.0. The first-order valence-corrected chi connectivity index (χ1v) is 12.9. The minimum atomic E-state index is -0.433. The molecule has 170 valence electrons.